The maximum absolute atomic E-state index is 4.76. The number of rotatable bonds is 3. The van der Waals surface area contributed by atoms with Crippen LogP contribution in [0.15, 0.2) is 22.8 Å². The van der Waals surface area contributed by atoms with Crippen LogP contribution in [-0.4, -0.2) is 36.6 Å². The highest BCUT2D eigenvalue weighted by molar-refractivity contribution is 9.10. The van der Waals surface area contributed by atoms with Gasteiger partial charge in [0.15, 0.2) is 0 Å². The fraction of sp³-hybridized carbons (Fsp3) is 0.533. The lowest BCUT2D eigenvalue weighted by atomic mass is 9.94. The third kappa shape index (κ3) is 2.56. The number of anilines is 1. The maximum Gasteiger partial charge on any atom is 0.132 e. The van der Waals surface area contributed by atoms with Crippen LogP contribution in [0.2, 0.25) is 0 Å². The third-order valence-electron chi connectivity index (χ3n) is 4.05. The van der Waals surface area contributed by atoms with Crippen molar-refractivity contribution >= 4 is 27.3 Å². The standard InChI is InChI=1S/C15H21BrN4/c1-19(2)14-5-3-4-12-15(16)18-13(20(12)14)10-11-6-8-17-9-7-11/h3-5,11,17H,6-10H2,1-2H3. The second-order valence-electron chi connectivity index (χ2n) is 5.72. The summed E-state index contributed by atoms with van der Waals surface area (Å²) in [4.78, 5) is 6.91. The van der Waals surface area contributed by atoms with Crippen LogP contribution in [0, 0.1) is 5.92 Å². The number of halogens is 1. The number of aromatic nitrogens is 2. The van der Waals surface area contributed by atoms with Crippen molar-refractivity contribution in [1.82, 2.24) is 14.7 Å². The fourth-order valence-electron chi connectivity index (χ4n) is 2.98. The van der Waals surface area contributed by atoms with Gasteiger partial charge in [0.2, 0.25) is 0 Å². The molecule has 0 spiro atoms. The van der Waals surface area contributed by atoms with Gasteiger partial charge in [0.05, 0.1) is 5.52 Å². The zero-order valence-corrected chi connectivity index (χ0v) is 13.7. The largest absolute Gasteiger partial charge is 0.364 e. The number of pyridine rings is 1. The molecule has 0 saturated carbocycles. The maximum atomic E-state index is 4.76. The van der Waals surface area contributed by atoms with Gasteiger partial charge >= 0.3 is 0 Å². The van der Waals surface area contributed by atoms with Crippen molar-refractivity contribution in [3.8, 4) is 0 Å². The van der Waals surface area contributed by atoms with Gasteiger partial charge in [-0.1, -0.05) is 6.07 Å². The lowest BCUT2D eigenvalue weighted by Crippen LogP contribution is -2.29. The Bertz CT molecular complexity index is 599. The normalized spacial score (nSPS) is 16.8. The number of piperidine rings is 1. The number of imidazole rings is 1. The van der Waals surface area contributed by atoms with E-state index in [4.69, 9.17) is 4.98 Å². The van der Waals surface area contributed by atoms with E-state index in [0.717, 1.165) is 35.5 Å². The molecule has 1 N–H and O–H groups in total. The summed E-state index contributed by atoms with van der Waals surface area (Å²) in [5.74, 6) is 3.09. The second kappa shape index (κ2) is 5.74. The number of hydrogen-bond donors (Lipinski definition) is 1. The predicted octanol–water partition coefficient (Wildman–Crippen LogP) is 2.70. The smallest absolute Gasteiger partial charge is 0.132 e. The molecule has 2 aromatic heterocycles. The van der Waals surface area contributed by atoms with Crippen molar-refractivity contribution in [2.24, 2.45) is 5.92 Å². The third-order valence-corrected chi connectivity index (χ3v) is 4.64. The number of nitrogens with zero attached hydrogens (tertiary/aromatic N) is 3. The molecule has 0 unspecified atom stereocenters. The van der Waals surface area contributed by atoms with E-state index in [2.05, 4.69) is 62.8 Å². The molecule has 3 rings (SSSR count). The topological polar surface area (TPSA) is 32.6 Å². The number of nitrogens with one attached hydrogen (secondary N) is 1. The quantitative estimate of drug-likeness (QED) is 0.935. The van der Waals surface area contributed by atoms with Crippen LogP contribution in [-0.2, 0) is 6.42 Å². The second-order valence-corrected chi connectivity index (χ2v) is 6.47. The van der Waals surface area contributed by atoms with Gasteiger partial charge in [-0.2, -0.15) is 0 Å². The van der Waals surface area contributed by atoms with Gasteiger partial charge in [0, 0.05) is 20.5 Å². The summed E-state index contributed by atoms with van der Waals surface area (Å²) in [6.07, 6.45) is 3.55. The van der Waals surface area contributed by atoms with Crippen molar-refractivity contribution in [2.45, 2.75) is 19.3 Å². The molecule has 108 valence electrons. The van der Waals surface area contributed by atoms with E-state index in [0.29, 0.717) is 0 Å². The van der Waals surface area contributed by atoms with E-state index >= 15 is 0 Å². The Labute approximate surface area is 128 Å². The van der Waals surface area contributed by atoms with Gasteiger partial charge in [0.1, 0.15) is 16.2 Å². The molecule has 1 aliphatic heterocycles. The van der Waals surface area contributed by atoms with Crippen LogP contribution in [0.5, 0.6) is 0 Å². The lowest BCUT2D eigenvalue weighted by molar-refractivity contribution is 0.367. The monoisotopic (exact) mass is 336 g/mol. The Morgan fingerprint density at radius 3 is 2.80 bits per heavy atom. The highest BCUT2D eigenvalue weighted by Gasteiger charge is 2.19. The molecule has 2 aromatic rings. The van der Waals surface area contributed by atoms with Crippen molar-refractivity contribution in [2.75, 3.05) is 32.1 Å². The van der Waals surface area contributed by atoms with Gasteiger partial charge in [-0.15, -0.1) is 0 Å². The summed E-state index contributed by atoms with van der Waals surface area (Å²) in [7, 11) is 4.16. The van der Waals surface area contributed by atoms with Gasteiger partial charge < -0.3 is 10.2 Å². The molecular weight excluding hydrogens is 316 g/mol. The zero-order valence-electron chi connectivity index (χ0n) is 12.1. The Morgan fingerprint density at radius 2 is 2.10 bits per heavy atom. The minimum Gasteiger partial charge on any atom is -0.364 e. The van der Waals surface area contributed by atoms with Gasteiger partial charge in [-0.3, -0.25) is 4.40 Å². The molecule has 0 atom stereocenters. The first-order valence-corrected chi connectivity index (χ1v) is 8.00. The van der Waals surface area contributed by atoms with Crippen LogP contribution < -0.4 is 10.2 Å². The summed E-state index contributed by atoms with van der Waals surface area (Å²) in [6.45, 7) is 2.27. The molecule has 4 nitrogen and oxygen atoms in total. The van der Waals surface area contributed by atoms with Crippen LogP contribution in [0.4, 0.5) is 5.82 Å². The molecule has 0 amide bonds. The average molecular weight is 337 g/mol. The van der Waals surface area contributed by atoms with E-state index in [1.807, 2.05) is 0 Å². The predicted molar refractivity (Wildman–Crippen MR) is 86.5 cm³/mol. The average Bonchev–Trinajstić information content (AvgIpc) is 2.77. The van der Waals surface area contributed by atoms with E-state index in [1.165, 1.54) is 24.5 Å². The van der Waals surface area contributed by atoms with Crippen molar-refractivity contribution < 1.29 is 0 Å². The zero-order chi connectivity index (χ0) is 14.1. The van der Waals surface area contributed by atoms with Crippen molar-refractivity contribution in [3.05, 3.63) is 28.6 Å². The summed E-state index contributed by atoms with van der Waals surface area (Å²) in [5, 5.41) is 3.43. The van der Waals surface area contributed by atoms with E-state index in [1.54, 1.807) is 0 Å². The fourth-order valence-corrected chi connectivity index (χ4v) is 3.49. The SMILES string of the molecule is CN(C)c1cccc2c(Br)nc(CC3CCNCC3)n12. The minimum atomic E-state index is 0.740. The molecule has 20 heavy (non-hydrogen) atoms. The lowest BCUT2D eigenvalue weighted by Gasteiger charge is -2.23. The first-order valence-electron chi connectivity index (χ1n) is 7.20. The molecule has 3 heterocycles. The Hall–Kier alpha value is -1.07. The molecule has 0 aromatic carbocycles. The number of fused-ring (bicyclic) bond motifs is 1. The molecular formula is C15H21BrN4. The highest BCUT2D eigenvalue weighted by Crippen LogP contribution is 2.27. The molecule has 0 aliphatic carbocycles. The summed E-state index contributed by atoms with van der Waals surface area (Å²) < 4.78 is 3.23. The highest BCUT2D eigenvalue weighted by atomic mass is 79.9. The molecule has 1 aliphatic rings. The van der Waals surface area contributed by atoms with Crippen molar-refractivity contribution in [1.29, 1.82) is 0 Å². The van der Waals surface area contributed by atoms with Crippen LogP contribution in [0.3, 0.4) is 0 Å². The molecule has 0 radical (unpaired) electrons. The Balaban J connectivity index is 2.01. The summed E-state index contributed by atoms with van der Waals surface area (Å²) in [5.41, 5.74) is 1.15. The Morgan fingerprint density at radius 1 is 1.35 bits per heavy atom. The molecule has 1 fully saturated rings. The van der Waals surface area contributed by atoms with Gasteiger partial charge in [-0.05, 0) is 59.9 Å². The van der Waals surface area contributed by atoms with Crippen LogP contribution >= 0.6 is 15.9 Å². The van der Waals surface area contributed by atoms with Crippen LogP contribution in [0.25, 0.3) is 5.52 Å². The molecule has 5 heteroatoms. The summed E-state index contributed by atoms with van der Waals surface area (Å²) >= 11 is 3.60. The minimum absolute atomic E-state index is 0.740. The van der Waals surface area contributed by atoms with Gasteiger partial charge in [0.25, 0.3) is 0 Å². The van der Waals surface area contributed by atoms with Crippen molar-refractivity contribution in [3.63, 3.8) is 0 Å². The van der Waals surface area contributed by atoms with E-state index in [9.17, 15) is 0 Å². The summed E-state index contributed by atoms with van der Waals surface area (Å²) in [6, 6.07) is 6.36. The molecule has 0 bridgehead atoms. The van der Waals surface area contributed by atoms with E-state index in [-0.39, 0.29) is 0 Å². The Kier molecular flexibility index (Phi) is 3.98. The first-order chi connectivity index (χ1) is 9.66. The number of hydrogen-bond acceptors (Lipinski definition) is 3. The molecule has 1 saturated heterocycles. The van der Waals surface area contributed by atoms with Crippen LogP contribution in [0.1, 0.15) is 18.7 Å². The first kappa shape index (κ1) is 13.9. The van der Waals surface area contributed by atoms with Gasteiger partial charge in [-0.25, -0.2) is 4.98 Å². The van der Waals surface area contributed by atoms with E-state index < -0.39 is 0 Å².